The van der Waals surface area contributed by atoms with E-state index in [9.17, 15) is 22.8 Å². The number of halogens is 3. The number of anilines is 1. The summed E-state index contributed by atoms with van der Waals surface area (Å²) in [5, 5.41) is 12.4. The largest absolute Gasteiger partial charge is 0.481 e. The number of nitrogens with two attached hydrogens (primary N) is 1. The van der Waals surface area contributed by atoms with Crippen LogP contribution < -0.4 is 10.7 Å². The van der Waals surface area contributed by atoms with Crippen LogP contribution in [0.25, 0.3) is 0 Å². The van der Waals surface area contributed by atoms with Crippen molar-refractivity contribution in [2.24, 2.45) is 16.8 Å². The van der Waals surface area contributed by atoms with E-state index in [1.807, 2.05) is 0 Å². The van der Waals surface area contributed by atoms with Crippen LogP contribution in [0.1, 0.15) is 13.3 Å². The number of aliphatic carboxylic acids is 1. The van der Waals surface area contributed by atoms with E-state index in [2.05, 4.69) is 5.10 Å². The van der Waals surface area contributed by atoms with Gasteiger partial charge in [0, 0.05) is 0 Å². The van der Waals surface area contributed by atoms with E-state index in [1.165, 1.54) is 31.2 Å². The second kappa shape index (κ2) is 6.92. The number of alkyl halides is 3. The number of hydrogen-bond acceptors (Lipinski definition) is 3. The molecule has 0 aliphatic carbocycles. The fourth-order valence-electron chi connectivity index (χ4n) is 1.72. The van der Waals surface area contributed by atoms with E-state index >= 15 is 0 Å². The average molecular weight is 317 g/mol. The van der Waals surface area contributed by atoms with Crippen LogP contribution in [-0.2, 0) is 4.79 Å². The summed E-state index contributed by atoms with van der Waals surface area (Å²) in [6.07, 6.45) is -5.35. The lowest BCUT2D eigenvalue weighted by Gasteiger charge is -2.21. The van der Waals surface area contributed by atoms with Gasteiger partial charge in [0.1, 0.15) is 5.92 Å². The van der Waals surface area contributed by atoms with Gasteiger partial charge in [-0.05, 0) is 18.6 Å². The standard InChI is InChI=1S/C13H14F3N3O3/c1-2-9(11(20)21)10(13(14,15)16)18-19(12(17)22)8-6-4-3-5-7-8/h3-7,9H,2H2,1H3,(H2,17,22)(H,20,21). The molecule has 2 amide bonds. The Kier molecular flexibility index (Phi) is 5.50. The van der Waals surface area contributed by atoms with Crippen LogP contribution in [0.15, 0.2) is 35.4 Å². The number of carboxylic acids is 1. The van der Waals surface area contributed by atoms with Gasteiger partial charge in [-0.3, -0.25) is 4.79 Å². The summed E-state index contributed by atoms with van der Waals surface area (Å²) in [6, 6.07) is 5.93. The number of benzene rings is 1. The highest BCUT2D eigenvalue weighted by Gasteiger charge is 2.44. The number of primary amides is 1. The van der Waals surface area contributed by atoms with Crippen LogP contribution in [0.2, 0.25) is 0 Å². The maximum Gasteiger partial charge on any atom is 0.432 e. The van der Waals surface area contributed by atoms with E-state index in [0.717, 1.165) is 0 Å². The third kappa shape index (κ3) is 4.21. The first-order valence-corrected chi connectivity index (χ1v) is 6.21. The lowest BCUT2D eigenvalue weighted by atomic mass is 10.0. The van der Waals surface area contributed by atoms with Crippen molar-refractivity contribution >= 4 is 23.4 Å². The molecule has 3 N–H and O–H groups in total. The van der Waals surface area contributed by atoms with Crippen molar-refractivity contribution in [3.63, 3.8) is 0 Å². The molecule has 9 heteroatoms. The number of rotatable bonds is 5. The maximum atomic E-state index is 13.1. The third-order valence-electron chi connectivity index (χ3n) is 2.74. The Labute approximate surface area is 124 Å². The molecule has 1 atom stereocenters. The van der Waals surface area contributed by atoms with E-state index in [1.54, 1.807) is 6.07 Å². The minimum atomic E-state index is -5.01. The Morgan fingerprint density at radius 2 is 1.86 bits per heavy atom. The molecule has 1 rings (SSSR count). The summed E-state index contributed by atoms with van der Waals surface area (Å²) in [5.74, 6) is -3.58. The summed E-state index contributed by atoms with van der Waals surface area (Å²) >= 11 is 0. The van der Waals surface area contributed by atoms with Gasteiger partial charge in [0.05, 0.1) is 5.69 Å². The molecule has 0 aliphatic heterocycles. The number of carbonyl (C=O) groups is 2. The lowest BCUT2D eigenvalue weighted by Crippen LogP contribution is -2.40. The van der Waals surface area contributed by atoms with Gasteiger partial charge in [0.25, 0.3) is 0 Å². The number of nitrogens with zero attached hydrogens (tertiary/aromatic N) is 2. The third-order valence-corrected chi connectivity index (χ3v) is 2.74. The normalized spacial score (nSPS) is 13.5. The van der Waals surface area contributed by atoms with Gasteiger partial charge >= 0.3 is 18.2 Å². The Morgan fingerprint density at radius 1 is 1.32 bits per heavy atom. The number of carboxylic acid groups (broad SMARTS) is 1. The summed E-state index contributed by atoms with van der Waals surface area (Å²) in [6.45, 7) is 1.27. The molecular formula is C13H14F3N3O3. The first-order chi connectivity index (χ1) is 10.2. The zero-order chi connectivity index (χ0) is 16.9. The minimum absolute atomic E-state index is 0.00279. The molecule has 1 aromatic rings. The molecule has 22 heavy (non-hydrogen) atoms. The highest BCUT2D eigenvalue weighted by atomic mass is 19.4. The topological polar surface area (TPSA) is 96.0 Å². The van der Waals surface area contributed by atoms with E-state index in [0.29, 0.717) is 5.01 Å². The minimum Gasteiger partial charge on any atom is -0.481 e. The van der Waals surface area contributed by atoms with Crippen molar-refractivity contribution in [2.75, 3.05) is 5.01 Å². The van der Waals surface area contributed by atoms with Crippen molar-refractivity contribution in [3.05, 3.63) is 30.3 Å². The smallest absolute Gasteiger partial charge is 0.432 e. The van der Waals surface area contributed by atoms with E-state index in [4.69, 9.17) is 10.8 Å². The summed E-state index contributed by atoms with van der Waals surface area (Å²) in [5.41, 5.74) is 3.45. The first-order valence-electron chi connectivity index (χ1n) is 6.21. The predicted octanol–water partition coefficient (Wildman–Crippen LogP) is 2.60. The number of carbonyl (C=O) groups excluding carboxylic acids is 1. The second-order valence-electron chi connectivity index (χ2n) is 4.27. The van der Waals surface area contributed by atoms with Crippen LogP contribution >= 0.6 is 0 Å². The molecular weight excluding hydrogens is 303 g/mol. The molecule has 0 heterocycles. The van der Waals surface area contributed by atoms with Crippen molar-refractivity contribution in [2.45, 2.75) is 19.5 Å². The van der Waals surface area contributed by atoms with E-state index in [-0.39, 0.29) is 12.1 Å². The molecule has 0 saturated carbocycles. The summed E-state index contributed by atoms with van der Waals surface area (Å²) in [7, 11) is 0. The van der Waals surface area contributed by atoms with Crippen molar-refractivity contribution in [1.82, 2.24) is 0 Å². The fourth-order valence-corrected chi connectivity index (χ4v) is 1.72. The van der Waals surface area contributed by atoms with Crippen LogP contribution in [0, 0.1) is 5.92 Å². The molecule has 0 bridgehead atoms. The van der Waals surface area contributed by atoms with Crippen LogP contribution in [0.5, 0.6) is 0 Å². The van der Waals surface area contributed by atoms with Crippen LogP contribution in [0.4, 0.5) is 23.7 Å². The zero-order valence-electron chi connectivity index (χ0n) is 11.5. The summed E-state index contributed by atoms with van der Waals surface area (Å²) < 4.78 is 39.3. The second-order valence-corrected chi connectivity index (χ2v) is 4.27. The van der Waals surface area contributed by atoms with Crippen molar-refractivity contribution in [1.29, 1.82) is 0 Å². The van der Waals surface area contributed by atoms with Gasteiger partial charge in [0.15, 0.2) is 5.71 Å². The molecule has 1 aromatic carbocycles. The van der Waals surface area contributed by atoms with Crippen molar-refractivity contribution in [3.8, 4) is 0 Å². The van der Waals surface area contributed by atoms with E-state index < -0.39 is 29.8 Å². The maximum absolute atomic E-state index is 13.1. The molecule has 0 spiro atoms. The molecule has 1 unspecified atom stereocenters. The Hall–Kier alpha value is -2.58. The SMILES string of the molecule is CCC(C(=O)O)C(=NN(C(N)=O)c1ccccc1)C(F)(F)F. The quantitative estimate of drug-likeness (QED) is 0.645. The number of urea groups is 1. The molecule has 0 radical (unpaired) electrons. The van der Waals surface area contributed by atoms with Gasteiger partial charge in [0.2, 0.25) is 0 Å². The van der Waals surface area contributed by atoms with Gasteiger partial charge in [-0.25, -0.2) is 4.79 Å². The van der Waals surface area contributed by atoms with Gasteiger partial charge < -0.3 is 10.8 Å². The zero-order valence-corrected chi connectivity index (χ0v) is 11.5. The highest BCUT2D eigenvalue weighted by molar-refractivity contribution is 6.06. The fraction of sp³-hybridized carbons (Fsp3) is 0.308. The molecule has 0 fully saturated rings. The van der Waals surface area contributed by atoms with Crippen LogP contribution in [0.3, 0.4) is 0 Å². The molecule has 0 aromatic heterocycles. The molecule has 120 valence electrons. The Bertz CT molecular complexity index is 573. The highest BCUT2D eigenvalue weighted by Crippen LogP contribution is 2.26. The van der Waals surface area contributed by atoms with Gasteiger partial charge in [-0.15, -0.1) is 0 Å². The molecule has 0 saturated heterocycles. The monoisotopic (exact) mass is 317 g/mol. The number of hydrazone groups is 1. The Balaban J connectivity index is 3.40. The number of amides is 2. The molecule has 0 aliphatic rings. The number of hydrogen-bond donors (Lipinski definition) is 2. The van der Waals surface area contributed by atoms with Gasteiger partial charge in [-0.2, -0.15) is 23.3 Å². The lowest BCUT2D eigenvalue weighted by molar-refractivity contribution is -0.141. The average Bonchev–Trinajstić information content (AvgIpc) is 2.42. The van der Waals surface area contributed by atoms with Gasteiger partial charge in [-0.1, -0.05) is 25.1 Å². The number of para-hydroxylation sites is 1. The Morgan fingerprint density at radius 3 is 2.23 bits per heavy atom. The first kappa shape index (κ1) is 17.5. The van der Waals surface area contributed by atoms with Crippen LogP contribution in [-0.4, -0.2) is 29.0 Å². The predicted molar refractivity (Wildman–Crippen MR) is 73.4 cm³/mol. The molecule has 6 nitrogen and oxygen atoms in total. The van der Waals surface area contributed by atoms with Crippen molar-refractivity contribution < 1.29 is 27.9 Å². The summed E-state index contributed by atoms with van der Waals surface area (Å²) in [4.78, 5) is 22.4.